The monoisotopic (exact) mass is 535 g/mol. The van der Waals surface area contributed by atoms with E-state index in [2.05, 4.69) is 20.6 Å². The van der Waals surface area contributed by atoms with Crippen LogP contribution in [-0.4, -0.2) is 47.9 Å². The predicted octanol–water partition coefficient (Wildman–Crippen LogP) is 5.15. The average molecular weight is 536 g/mol. The standard InChI is InChI=1S/C27H30F5N5O/c1-3-20-23(21-5-4-6-22(35-21)27(30,31)32)36-25(34-17-9-10-26(28,29)14-17)37-24(20)33-18-11-15-7-8-19(38-2)13-16(15)12-18/h4-8,13,17-18,20,24,33H,3,9-12,14H2,1-2H3,(H,34,37). The van der Waals surface area contributed by atoms with Crippen LogP contribution in [0.5, 0.6) is 5.75 Å². The maximum atomic E-state index is 13.8. The molecule has 2 N–H and O–H groups in total. The number of nitrogens with zero attached hydrogens (tertiary/aromatic N) is 3. The average Bonchev–Trinajstić information content (AvgIpc) is 3.43. The van der Waals surface area contributed by atoms with Crippen molar-refractivity contribution in [1.29, 1.82) is 0 Å². The Morgan fingerprint density at radius 1 is 1.08 bits per heavy atom. The van der Waals surface area contributed by atoms with Crippen LogP contribution < -0.4 is 15.4 Å². The Labute approximate surface area is 217 Å². The molecule has 3 aliphatic rings. The van der Waals surface area contributed by atoms with Crippen molar-refractivity contribution in [2.24, 2.45) is 15.9 Å². The topological polar surface area (TPSA) is 70.9 Å². The van der Waals surface area contributed by atoms with Crippen LogP contribution in [0.4, 0.5) is 22.0 Å². The van der Waals surface area contributed by atoms with Crippen LogP contribution in [0.15, 0.2) is 46.4 Å². The number of ether oxygens (including phenoxy) is 1. The van der Waals surface area contributed by atoms with Crippen molar-refractivity contribution in [2.45, 2.75) is 75.8 Å². The third-order valence-electron chi connectivity index (χ3n) is 7.45. The number of alkyl halides is 5. The lowest BCUT2D eigenvalue weighted by molar-refractivity contribution is -0.141. The number of benzene rings is 1. The second-order valence-electron chi connectivity index (χ2n) is 10.2. The molecule has 1 fully saturated rings. The van der Waals surface area contributed by atoms with Gasteiger partial charge in [0.1, 0.15) is 17.6 Å². The largest absolute Gasteiger partial charge is 0.497 e. The Bertz CT molecular complexity index is 1240. The predicted molar refractivity (Wildman–Crippen MR) is 134 cm³/mol. The Morgan fingerprint density at radius 3 is 2.55 bits per heavy atom. The molecule has 0 amide bonds. The molecule has 4 atom stereocenters. The van der Waals surface area contributed by atoms with Crippen molar-refractivity contribution in [3.8, 4) is 5.75 Å². The number of fused-ring (bicyclic) bond motifs is 1. The highest BCUT2D eigenvalue weighted by Gasteiger charge is 2.41. The Balaban J connectivity index is 1.44. The Hall–Kier alpha value is -3.08. The van der Waals surface area contributed by atoms with Crippen LogP contribution in [0.2, 0.25) is 0 Å². The van der Waals surface area contributed by atoms with E-state index >= 15 is 0 Å². The van der Waals surface area contributed by atoms with Crippen LogP contribution >= 0.6 is 0 Å². The van der Waals surface area contributed by atoms with E-state index in [0.717, 1.165) is 30.2 Å². The molecular weight excluding hydrogens is 505 g/mol. The quantitative estimate of drug-likeness (QED) is 0.502. The maximum absolute atomic E-state index is 13.8. The highest BCUT2D eigenvalue weighted by atomic mass is 19.4. The van der Waals surface area contributed by atoms with E-state index in [9.17, 15) is 22.0 Å². The highest BCUT2D eigenvalue weighted by molar-refractivity contribution is 6.09. The first-order valence-corrected chi connectivity index (χ1v) is 12.8. The highest BCUT2D eigenvalue weighted by Crippen LogP contribution is 2.35. The number of hydrogen-bond acceptors (Lipinski definition) is 6. The van der Waals surface area contributed by atoms with Gasteiger partial charge in [0.2, 0.25) is 11.9 Å². The summed E-state index contributed by atoms with van der Waals surface area (Å²) in [5.41, 5.74) is 1.80. The van der Waals surface area contributed by atoms with Crippen LogP contribution in [0.25, 0.3) is 0 Å². The molecule has 2 heterocycles. The Kier molecular flexibility index (Phi) is 7.15. The van der Waals surface area contributed by atoms with E-state index in [1.54, 1.807) is 7.11 Å². The van der Waals surface area contributed by atoms with Crippen molar-refractivity contribution in [3.63, 3.8) is 0 Å². The first-order valence-electron chi connectivity index (χ1n) is 12.8. The van der Waals surface area contributed by atoms with Gasteiger partial charge in [0, 0.05) is 30.8 Å². The number of guanidine groups is 1. The zero-order valence-electron chi connectivity index (χ0n) is 21.2. The molecule has 0 bridgehead atoms. The third-order valence-corrected chi connectivity index (χ3v) is 7.45. The van der Waals surface area contributed by atoms with Gasteiger partial charge in [-0.3, -0.25) is 5.32 Å². The molecule has 0 spiro atoms. The molecule has 1 saturated carbocycles. The van der Waals surface area contributed by atoms with Gasteiger partial charge in [0.25, 0.3) is 0 Å². The van der Waals surface area contributed by atoms with Crippen LogP contribution in [0.3, 0.4) is 0 Å². The summed E-state index contributed by atoms with van der Waals surface area (Å²) in [5.74, 6) is -2.21. The van der Waals surface area contributed by atoms with Gasteiger partial charge in [-0.1, -0.05) is 19.1 Å². The van der Waals surface area contributed by atoms with E-state index in [0.29, 0.717) is 12.1 Å². The third kappa shape index (κ3) is 5.67. The minimum atomic E-state index is -4.61. The SMILES string of the molecule is CCC1C(c2cccc(C(F)(F)F)n2)=NC(NC2CCC(F)(F)C2)=NC1NC1Cc2ccc(OC)cc2C1. The fourth-order valence-corrected chi connectivity index (χ4v) is 5.56. The molecule has 1 aromatic carbocycles. The number of hydrogen-bond donors (Lipinski definition) is 2. The molecule has 0 radical (unpaired) electrons. The van der Waals surface area contributed by atoms with E-state index in [1.165, 1.54) is 17.7 Å². The van der Waals surface area contributed by atoms with Crippen LogP contribution in [0, 0.1) is 5.92 Å². The van der Waals surface area contributed by atoms with E-state index in [-0.39, 0.29) is 42.9 Å². The van der Waals surface area contributed by atoms with Gasteiger partial charge in [-0.15, -0.1) is 0 Å². The lowest BCUT2D eigenvalue weighted by Gasteiger charge is -2.32. The normalized spacial score (nSPS) is 26.5. The first-order chi connectivity index (χ1) is 18.0. The van der Waals surface area contributed by atoms with Crippen molar-refractivity contribution >= 4 is 11.7 Å². The smallest absolute Gasteiger partial charge is 0.433 e. The van der Waals surface area contributed by atoms with Gasteiger partial charge in [0.05, 0.1) is 18.5 Å². The summed E-state index contributed by atoms with van der Waals surface area (Å²) in [6, 6.07) is 9.18. The number of aromatic nitrogens is 1. The molecule has 1 aliphatic heterocycles. The molecule has 6 nitrogen and oxygen atoms in total. The molecule has 2 aromatic rings. The van der Waals surface area contributed by atoms with Gasteiger partial charge in [0.15, 0.2) is 0 Å². The second-order valence-corrected chi connectivity index (χ2v) is 10.2. The number of halogens is 5. The summed E-state index contributed by atoms with van der Waals surface area (Å²) in [5, 5.41) is 6.60. The summed E-state index contributed by atoms with van der Waals surface area (Å²) in [7, 11) is 1.62. The molecular formula is C27H30F5N5O. The number of pyridine rings is 1. The van der Waals surface area contributed by atoms with Crippen molar-refractivity contribution in [1.82, 2.24) is 15.6 Å². The second kappa shape index (κ2) is 10.2. The summed E-state index contributed by atoms with van der Waals surface area (Å²) in [6.07, 6.45) is -3.40. The molecule has 38 heavy (non-hydrogen) atoms. The van der Waals surface area contributed by atoms with Gasteiger partial charge >= 0.3 is 6.18 Å². The van der Waals surface area contributed by atoms with E-state index in [1.807, 2.05) is 25.1 Å². The minimum absolute atomic E-state index is 0.0331. The number of methoxy groups -OCH3 is 1. The molecule has 2 aliphatic carbocycles. The molecule has 204 valence electrons. The van der Waals surface area contributed by atoms with Crippen molar-refractivity contribution in [3.05, 3.63) is 58.9 Å². The van der Waals surface area contributed by atoms with Gasteiger partial charge < -0.3 is 10.1 Å². The van der Waals surface area contributed by atoms with Gasteiger partial charge in [-0.2, -0.15) is 13.2 Å². The lowest BCUT2D eigenvalue weighted by Crippen LogP contribution is -2.49. The molecule has 0 saturated heterocycles. The summed E-state index contributed by atoms with van der Waals surface area (Å²) < 4.78 is 73.3. The fourth-order valence-electron chi connectivity index (χ4n) is 5.56. The zero-order valence-corrected chi connectivity index (χ0v) is 21.2. The number of rotatable bonds is 6. The summed E-state index contributed by atoms with van der Waals surface area (Å²) in [4.78, 5) is 13.2. The summed E-state index contributed by atoms with van der Waals surface area (Å²) >= 11 is 0. The van der Waals surface area contributed by atoms with Crippen LogP contribution in [0.1, 0.15) is 55.1 Å². The number of aliphatic imine (C=N–C) groups is 2. The molecule has 4 unspecified atom stereocenters. The van der Waals surface area contributed by atoms with E-state index < -0.39 is 30.0 Å². The van der Waals surface area contributed by atoms with Crippen LogP contribution in [-0.2, 0) is 19.0 Å². The van der Waals surface area contributed by atoms with Gasteiger partial charge in [-0.05, 0) is 61.1 Å². The van der Waals surface area contributed by atoms with E-state index in [4.69, 9.17) is 9.73 Å². The maximum Gasteiger partial charge on any atom is 0.433 e. The van der Waals surface area contributed by atoms with Crippen molar-refractivity contribution in [2.75, 3.05) is 7.11 Å². The van der Waals surface area contributed by atoms with Gasteiger partial charge in [-0.25, -0.2) is 23.7 Å². The lowest BCUT2D eigenvalue weighted by atomic mass is 9.92. The number of nitrogens with one attached hydrogen (secondary N) is 2. The first kappa shape index (κ1) is 26.5. The summed E-state index contributed by atoms with van der Waals surface area (Å²) in [6.45, 7) is 1.92. The minimum Gasteiger partial charge on any atom is -0.497 e. The Morgan fingerprint density at radius 2 is 1.87 bits per heavy atom. The van der Waals surface area contributed by atoms with Crippen molar-refractivity contribution < 1.29 is 26.7 Å². The zero-order chi connectivity index (χ0) is 27.1. The molecule has 5 rings (SSSR count). The molecule has 11 heteroatoms. The fraction of sp³-hybridized carbons (Fsp3) is 0.519. The molecule has 1 aromatic heterocycles.